The maximum Gasteiger partial charge on any atom is 0.217 e. The molecule has 6 heteroatoms. The van der Waals surface area contributed by atoms with Crippen LogP contribution in [0.15, 0.2) is 36.5 Å². The molecule has 0 radical (unpaired) electrons. The summed E-state index contributed by atoms with van der Waals surface area (Å²) < 4.78 is 18.9. The van der Waals surface area contributed by atoms with Crippen molar-refractivity contribution in [2.45, 2.75) is 25.8 Å². The summed E-state index contributed by atoms with van der Waals surface area (Å²) in [6, 6.07) is 9.02. The Morgan fingerprint density at radius 1 is 1.28 bits per heavy atom. The van der Waals surface area contributed by atoms with Crippen LogP contribution in [0.3, 0.4) is 0 Å². The molecule has 0 atom stereocenters. The number of amides is 1. The molecule has 1 amide bonds. The fourth-order valence-corrected chi connectivity index (χ4v) is 3.17. The summed E-state index contributed by atoms with van der Waals surface area (Å²) in [5.41, 5.74) is 2.50. The minimum atomic E-state index is -0.400. The van der Waals surface area contributed by atoms with Gasteiger partial charge in [0, 0.05) is 43.5 Å². The predicted octanol–water partition coefficient (Wildman–Crippen LogP) is 3.00. The van der Waals surface area contributed by atoms with Gasteiger partial charge < -0.3 is 15.0 Å². The van der Waals surface area contributed by atoms with Crippen LogP contribution in [0.2, 0.25) is 0 Å². The fourth-order valence-electron chi connectivity index (χ4n) is 3.17. The zero-order valence-electron chi connectivity index (χ0n) is 14.5. The summed E-state index contributed by atoms with van der Waals surface area (Å²) in [5, 5.41) is 2.98. The van der Waals surface area contributed by atoms with Crippen LogP contribution in [0.5, 0.6) is 5.75 Å². The van der Waals surface area contributed by atoms with Gasteiger partial charge in [-0.05, 0) is 43.2 Å². The molecule has 3 rings (SSSR count). The summed E-state index contributed by atoms with van der Waals surface area (Å²) in [5.74, 6) is -0.158. The molecule has 0 aliphatic carbocycles. The number of methoxy groups -OCH3 is 1. The van der Waals surface area contributed by atoms with Crippen LogP contribution in [0.25, 0.3) is 11.3 Å². The van der Waals surface area contributed by atoms with Crippen molar-refractivity contribution in [2.75, 3.05) is 25.1 Å². The summed E-state index contributed by atoms with van der Waals surface area (Å²) in [7, 11) is 1.45. The number of hydrogen-bond donors (Lipinski definition) is 1. The molecule has 1 N–H and O–H groups in total. The number of pyridine rings is 1. The second-order valence-corrected chi connectivity index (χ2v) is 6.21. The van der Waals surface area contributed by atoms with Gasteiger partial charge in [-0.1, -0.05) is 0 Å². The molecule has 0 bridgehead atoms. The van der Waals surface area contributed by atoms with Gasteiger partial charge in [-0.2, -0.15) is 0 Å². The maximum absolute atomic E-state index is 13.9. The summed E-state index contributed by atoms with van der Waals surface area (Å²) >= 11 is 0. The molecule has 5 nitrogen and oxygen atoms in total. The van der Waals surface area contributed by atoms with Crippen LogP contribution in [0.1, 0.15) is 19.8 Å². The molecule has 1 fully saturated rings. The van der Waals surface area contributed by atoms with Gasteiger partial charge >= 0.3 is 0 Å². The zero-order valence-corrected chi connectivity index (χ0v) is 14.5. The number of aromatic nitrogens is 1. The third-order valence-corrected chi connectivity index (χ3v) is 4.46. The third-order valence-electron chi connectivity index (χ3n) is 4.46. The predicted molar refractivity (Wildman–Crippen MR) is 95.2 cm³/mol. The van der Waals surface area contributed by atoms with Crippen LogP contribution in [0.4, 0.5) is 10.1 Å². The van der Waals surface area contributed by atoms with Crippen molar-refractivity contribution >= 4 is 11.6 Å². The van der Waals surface area contributed by atoms with Crippen LogP contribution in [-0.4, -0.2) is 37.1 Å². The molecule has 1 aliphatic rings. The molecule has 0 unspecified atom stereocenters. The largest absolute Gasteiger partial charge is 0.494 e. The Labute approximate surface area is 146 Å². The van der Waals surface area contributed by atoms with Gasteiger partial charge in [0.15, 0.2) is 11.6 Å². The van der Waals surface area contributed by atoms with Crippen molar-refractivity contribution in [3.8, 4) is 17.0 Å². The fraction of sp³-hybridized carbons (Fsp3) is 0.368. The number of halogens is 1. The van der Waals surface area contributed by atoms with Crippen molar-refractivity contribution < 1.29 is 13.9 Å². The van der Waals surface area contributed by atoms with Crippen molar-refractivity contribution in [1.29, 1.82) is 0 Å². The average molecular weight is 343 g/mol. The minimum absolute atomic E-state index is 0.0196. The van der Waals surface area contributed by atoms with E-state index in [4.69, 9.17) is 4.74 Å². The van der Waals surface area contributed by atoms with Gasteiger partial charge in [0.05, 0.1) is 12.8 Å². The number of nitrogens with zero attached hydrogens (tertiary/aromatic N) is 2. The average Bonchev–Trinajstić information content (AvgIpc) is 2.62. The Bertz CT molecular complexity index is 758. The molecular formula is C19H22FN3O2. The van der Waals surface area contributed by atoms with Gasteiger partial charge in [-0.3, -0.25) is 9.78 Å². The van der Waals surface area contributed by atoms with Crippen LogP contribution in [0, 0.1) is 5.82 Å². The van der Waals surface area contributed by atoms with Gasteiger partial charge in [0.1, 0.15) is 0 Å². The van der Waals surface area contributed by atoms with Gasteiger partial charge in [0.25, 0.3) is 0 Å². The van der Waals surface area contributed by atoms with E-state index in [9.17, 15) is 9.18 Å². The van der Waals surface area contributed by atoms with E-state index in [2.05, 4.69) is 15.2 Å². The van der Waals surface area contributed by atoms with E-state index in [1.54, 1.807) is 25.3 Å². The number of piperidine rings is 1. The summed E-state index contributed by atoms with van der Waals surface area (Å²) in [6.07, 6.45) is 3.56. The molecule has 2 heterocycles. The van der Waals surface area contributed by atoms with E-state index in [0.29, 0.717) is 5.56 Å². The lowest BCUT2D eigenvalue weighted by Crippen LogP contribution is -2.44. The van der Waals surface area contributed by atoms with E-state index in [-0.39, 0.29) is 17.7 Å². The minimum Gasteiger partial charge on any atom is -0.494 e. The van der Waals surface area contributed by atoms with Crippen molar-refractivity contribution in [3.05, 3.63) is 42.3 Å². The number of carbonyl (C=O) groups is 1. The maximum atomic E-state index is 13.9. The Morgan fingerprint density at radius 2 is 2.04 bits per heavy atom. The quantitative estimate of drug-likeness (QED) is 0.927. The lowest BCUT2D eigenvalue weighted by Gasteiger charge is -2.33. The highest BCUT2D eigenvalue weighted by atomic mass is 19.1. The van der Waals surface area contributed by atoms with E-state index in [1.807, 2.05) is 12.1 Å². The van der Waals surface area contributed by atoms with E-state index < -0.39 is 5.82 Å². The monoisotopic (exact) mass is 343 g/mol. The first-order chi connectivity index (χ1) is 12.1. The van der Waals surface area contributed by atoms with Crippen molar-refractivity contribution in [1.82, 2.24) is 10.3 Å². The Hall–Kier alpha value is -2.63. The first kappa shape index (κ1) is 17.2. The van der Waals surface area contributed by atoms with Crippen LogP contribution >= 0.6 is 0 Å². The Balaban J connectivity index is 1.74. The molecule has 0 spiro atoms. The van der Waals surface area contributed by atoms with E-state index in [0.717, 1.165) is 37.3 Å². The Kier molecular flexibility index (Phi) is 5.16. The highest BCUT2D eigenvalue weighted by Gasteiger charge is 2.20. The molecule has 1 aliphatic heterocycles. The normalized spacial score (nSPS) is 15.1. The topological polar surface area (TPSA) is 54.5 Å². The molecule has 25 heavy (non-hydrogen) atoms. The number of carbonyl (C=O) groups excluding carboxylic acids is 1. The van der Waals surface area contributed by atoms with Crippen molar-refractivity contribution in [3.63, 3.8) is 0 Å². The first-order valence-corrected chi connectivity index (χ1v) is 8.39. The molecule has 0 saturated carbocycles. The van der Waals surface area contributed by atoms with Crippen LogP contribution < -0.4 is 15.0 Å². The standard InChI is InChI=1S/C19H22FN3O2/c1-13(24)22-15-6-9-23(10-7-15)16-5-8-21-18(12-16)14-3-4-19(25-2)17(20)11-14/h3-5,8,11-12,15H,6-7,9-10H2,1-2H3,(H,22,24). The molecule has 1 aromatic heterocycles. The second kappa shape index (κ2) is 7.51. The molecule has 1 aromatic carbocycles. The van der Waals surface area contributed by atoms with Gasteiger partial charge in [-0.15, -0.1) is 0 Å². The molecular weight excluding hydrogens is 321 g/mol. The van der Waals surface area contributed by atoms with E-state index >= 15 is 0 Å². The first-order valence-electron chi connectivity index (χ1n) is 8.39. The van der Waals surface area contributed by atoms with E-state index in [1.165, 1.54) is 13.2 Å². The third kappa shape index (κ3) is 4.07. The molecule has 1 saturated heterocycles. The number of rotatable bonds is 4. The van der Waals surface area contributed by atoms with Gasteiger partial charge in [0.2, 0.25) is 5.91 Å². The number of anilines is 1. The molecule has 132 valence electrons. The Morgan fingerprint density at radius 3 is 2.68 bits per heavy atom. The zero-order chi connectivity index (χ0) is 17.8. The number of nitrogens with one attached hydrogen (secondary N) is 1. The van der Waals surface area contributed by atoms with Gasteiger partial charge in [-0.25, -0.2) is 4.39 Å². The number of benzene rings is 1. The van der Waals surface area contributed by atoms with Crippen molar-refractivity contribution in [2.24, 2.45) is 0 Å². The lowest BCUT2D eigenvalue weighted by molar-refractivity contribution is -0.119. The van der Waals surface area contributed by atoms with Crippen LogP contribution in [-0.2, 0) is 4.79 Å². The highest BCUT2D eigenvalue weighted by molar-refractivity contribution is 5.73. The lowest BCUT2D eigenvalue weighted by atomic mass is 10.0. The second-order valence-electron chi connectivity index (χ2n) is 6.21. The number of ether oxygens (including phenoxy) is 1. The summed E-state index contributed by atoms with van der Waals surface area (Å²) in [4.78, 5) is 17.8. The molecule has 2 aromatic rings. The summed E-state index contributed by atoms with van der Waals surface area (Å²) in [6.45, 7) is 3.28. The number of hydrogen-bond acceptors (Lipinski definition) is 4. The highest BCUT2D eigenvalue weighted by Crippen LogP contribution is 2.28. The smallest absolute Gasteiger partial charge is 0.217 e. The SMILES string of the molecule is COc1ccc(-c2cc(N3CCC(NC(C)=O)CC3)ccn2)cc1F.